The summed E-state index contributed by atoms with van der Waals surface area (Å²) in [5.74, 6) is 2.00. The molecule has 1 aliphatic rings. The van der Waals surface area contributed by atoms with Gasteiger partial charge in [-0.05, 0) is 43.0 Å². The summed E-state index contributed by atoms with van der Waals surface area (Å²) in [4.78, 5) is 8.72. The van der Waals surface area contributed by atoms with Gasteiger partial charge in [-0.15, -0.1) is 0 Å². The van der Waals surface area contributed by atoms with Crippen LogP contribution in [-0.4, -0.2) is 23.1 Å². The zero-order valence-corrected chi connectivity index (χ0v) is 12.0. The maximum Gasteiger partial charge on any atom is 0.239 e. The summed E-state index contributed by atoms with van der Waals surface area (Å²) in [5, 5.41) is 3.28. The van der Waals surface area contributed by atoms with Gasteiger partial charge in [-0.2, -0.15) is 4.98 Å². The van der Waals surface area contributed by atoms with E-state index in [1.807, 2.05) is 30.3 Å². The first kappa shape index (κ1) is 13.7. The summed E-state index contributed by atoms with van der Waals surface area (Å²) in [6, 6.07) is 9.63. The number of ether oxygens (including phenoxy) is 1. The number of nitrogen functional groups attached to an aromatic ring is 1. The van der Waals surface area contributed by atoms with Crippen molar-refractivity contribution in [3.63, 3.8) is 0 Å². The van der Waals surface area contributed by atoms with Crippen molar-refractivity contribution >= 4 is 11.5 Å². The SMILES string of the molecule is Nc1ccc(NCCc2ccccn2)nc1OCC1CC1. The normalized spacial score (nSPS) is 13.9. The number of pyridine rings is 2. The second-order valence-corrected chi connectivity index (χ2v) is 5.34. The summed E-state index contributed by atoms with van der Waals surface area (Å²) >= 11 is 0. The molecule has 0 spiro atoms. The third-order valence-electron chi connectivity index (χ3n) is 3.46. The molecular weight excluding hydrogens is 264 g/mol. The molecule has 1 aliphatic carbocycles. The molecular formula is C16H20N4O. The number of hydrogen-bond acceptors (Lipinski definition) is 5. The summed E-state index contributed by atoms with van der Waals surface area (Å²) in [5.41, 5.74) is 7.54. The first-order chi connectivity index (χ1) is 10.3. The molecule has 0 unspecified atom stereocenters. The lowest BCUT2D eigenvalue weighted by Gasteiger charge is -2.10. The van der Waals surface area contributed by atoms with Crippen LogP contribution in [0, 0.1) is 5.92 Å². The van der Waals surface area contributed by atoms with Gasteiger partial charge in [0.2, 0.25) is 5.88 Å². The smallest absolute Gasteiger partial charge is 0.239 e. The molecule has 1 saturated carbocycles. The molecule has 0 amide bonds. The Balaban J connectivity index is 1.53. The van der Waals surface area contributed by atoms with E-state index in [1.54, 1.807) is 6.20 Å². The van der Waals surface area contributed by atoms with Crippen LogP contribution in [0.25, 0.3) is 0 Å². The van der Waals surface area contributed by atoms with Gasteiger partial charge in [-0.1, -0.05) is 6.07 Å². The Labute approximate surface area is 124 Å². The van der Waals surface area contributed by atoms with Gasteiger partial charge in [-0.25, -0.2) is 0 Å². The topological polar surface area (TPSA) is 73.1 Å². The molecule has 3 N–H and O–H groups in total. The van der Waals surface area contributed by atoms with Crippen LogP contribution in [-0.2, 0) is 6.42 Å². The largest absolute Gasteiger partial charge is 0.476 e. The fourth-order valence-electron chi connectivity index (χ4n) is 2.01. The van der Waals surface area contributed by atoms with E-state index < -0.39 is 0 Å². The summed E-state index contributed by atoms with van der Waals surface area (Å²) in [6.45, 7) is 1.49. The van der Waals surface area contributed by atoms with E-state index in [2.05, 4.69) is 15.3 Å². The predicted octanol–water partition coefficient (Wildman–Crippen LogP) is 2.50. The molecule has 0 aliphatic heterocycles. The van der Waals surface area contributed by atoms with E-state index in [0.29, 0.717) is 24.1 Å². The molecule has 5 heteroatoms. The van der Waals surface area contributed by atoms with Crippen molar-refractivity contribution in [1.82, 2.24) is 9.97 Å². The van der Waals surface area contributed by atoms with Gasteiger partial charge in [0.15, 0.2) is 0 Å². The quantitative estimate of drug-likeness (QED) is 0.817. The third kappa shape index (κ3) is 4.08. The van der Waals surface area contributed by atoms with Gasteiger partial charge >= 0.3 is 0 Å². The van der Waals surface area contributed by atoms with Crippen LogP contribution < -0.4 is 15.8 Å². The number of rotatable bonds is 7. The van der Waals surface area contributed by atoms with Crippen LogP contribution >= 0.6 is 0 Å². The third-order valence-corrected chi connectivity index (χ3v) is 3.46. The van der Waals surface area contributed by atoms with E-state index in [1.165, 1.54) is 12.8 Å². The second kappa shape index (κ2) is 6.43. The summed E-state index contributed by atoms with van der Waals surface area (Å²) in [7, 11) is 0. The minimum Gasteiger partial charge on any atom is -0.476 e. The molecule has 2 aromatic rings. The molecule has 110 valence electrons. The van der Waals surface area contributed by atoms with Gasteiger partial charge in [-0.3, -0.25) is 4.98 Å². The maximum atomic E-state index is 5.89. The lowest BCUT2D eigenvalue weighted by molar-refractivity contribution is 0.290. The predicted molar refractivity (Wildman–Crippen MR) is 83.3 cm³/mol. The van der Waals surface area contributed by atoms with Gasteiger partial charge in [0.05, 0.1) is 12.3 Å². The van der Waals surface area contributed by atoms with Crippen molar-refractivity contribution in [2.75, 3.05) is 24.2 Å². The van der Waals surface area contributed by atoms with E-state index >= 15 is 0 Å². The Morgan fingerprint density at radius 3 is 2.90 bits per heavy atom. The average Bonchev–Trinajstić information content (AvgIpc) is 3.33. The lowest BCUT2D eigenvalue weighted by atomic mass is 10.3. The zero-order valence-electron chi connectivity index (χ0n) is 12.0. The molecule has 0 saturated heterocycles. The Hall–Kier alpha value is -2.30. The molecule has 3 rings (SSSR count). The number of nitrogens with two attached hydrogens (primary N) is 1. The monoisotopic (exact) mass is 284 g/mol. The van der Waals surface area contributed by atoms with Gasteiger partial charge < -0.3 is 15.8 Å². The first-order valence-corrected chi connectivity index (χ1v) is 7.34. The van der Waals surface area contributed by atoms with Crippen LogP contribution in [0.3, 0.4) is 0 Å². The van der Waals surface area contributed by atoms with Crippen LogP contribution in [0.4, 0.5) is 11.5 Å². The van der Waals surface area contributed by atoms with Gasteiger partial charge in [0, 0.05) is 24.9 Å². The minimum atomic E-state index is 0.532. The number of nitrogens with one attached hydrogen (secondary N) is 1. The van der Waals surface area contributed by atoms with E-state index in [4.69, 9.17) is 10.5 Å². The highest BCUT2D eigenvalue weighted by atomic mass is 16.5. The van der Waals surface area contributed by atoms with Crippen molar-refractivity contribution in [3.05, 3.63) is 42.2 Å². The fraction of sp³-hybridized carbons (Fsp3) is 0.375. The first-order valence-electron chi connectivity index (χ1n) is 7.34. The molecule has 5 nitrogen and oxygen atoms in total. The number of aromatic nitrogens is 2. The molecule has 21 heavy (non-hydrogen) atoms. The zero-order chi connectivity index (χ0) is 14.5. The molecule has 0 aromatic carbocycles. The lowest BCUT2D eigenvalue weighted by Crippen LogP contribution is -2.09. The van der Waals surface area contributed by atoms with Crippen molar-refractivity contribution in [2.24, 2.45) is 5.92 Å². The Bertz CT molecular complexity index is 584. The van der Waals surface area contributed by atoms with Crippen LogP contribution in [0.15, 0.2) is 36.5 Å². The standard InChI is InChI=1S/C16H20N4O/c17-14-6-7-15(20-16(14)21-11-12-4-5-12)19-10-8-13-3-1-2-9-18-13/h1-3,6-7,9,12H,4-5,8,10-11,17H2,(H,19,20). The average molecular weight is 284 g/mol. The summed E-state index contributed by atoms with van der Waals surface area (Å²) < 4.78 is 5.68. The molecule has 0 atom stereocenters. The van der Waals surface area contributed by atoms with Crippen LogP contribution in [0.5, 0.6) is 5.88 Å². The maximum absolute atomic E-state index is 5.89. The Kier molecular flexibility index (Phi) is 4.19. The highest BCUT2D eigenvalue weighted by Crippen LogP contribution is 2.30. The van der Waals surface area contributed by atoms with Crippen LogP contribution in [0.1, 0.15) is 18.5 Å². The highest BCUT2D eigenvalue weighted by molar-refractivity contribution is 5.53. The highest BCUT2D eigenvalue weighted by Gasteiger charge is 2.22. The number of hydrogen-bond donors (Lipinski definition) is 2. The fourth-order valence-corrected chi connectivity index (χ4v) is 2.01. The molecule has 1 fully saturated rings. The molecule has 2 heterocycles. The Morgan fingerprint density at radius 1 is 1.24 bits per heavy atom. The van der Waals surface area contributed by atoms with Gasteiger partial charge in [0.25, 0.3) is 0 Å². The number of anilines is 2. The molecule has 0 bridgehead atoms. The molecule has 0 radical (unpaired) electrons. The second-order valence-electron chi connectivity index (χ2n) is 5.34. The Morgan fingerprint density at radius 2 is 2.14 bits per heavy atom. The van der Waals surface area contributed by atoms with Gasteiger partial charge in [0.1, 0.15) is 5.82 Å². The number of nitrogens with zero attached hydrogens (tertiary/aromatic N) is 2. The van der Waals surface area contributed by atoms with Crippen molar-refractivity contribution in [2.45, 2.75) is 19.3 Å². The van der Waals surface area contributed by atoms with Crippen molar-refractivity contribution in [3.8, 4) is 5.88 Å². The van der Waals surface area contributed by atoms with Crippen LogP contribution in [0.2, 0.25) is 0 Å². The van der Waals surface area contributed by atoms with Crippen molar-refractivity contribution in [1.29, 1.82) is 0 Å². The van der Waals surface area contributed by atoms with Crippen molar-refractivity contribution < 1.29 is 4.74 Å². The summed E-state index contributed by atoms with van der Waals surface area (Å²) in [6.07, 6.45) is 5.16. The van der Waals surface area contributed by atoms with E-state index in [9.17, 15) is 0 Å². The van der Waals surface area contributed by atoms with E-state index in [0.717, 1.165) is 24.5 Å². The molecule has 2 aromatic heterocycles. The minimum absolute atomic E-state index is 0.532. The van der Waals surface area contributed by atoms with E-state index in [-0.39, 0.29) is 0 Å².